The third-order valence-corrected chi connectivity index (χ3v) is 3.96. The van der Waals surface area contributed by atoms with Gasteiger partial charge in [0.15, 0.2) is 0 Å². The molecule has 1 unspecified atom stereocenters. The summed E-state index contributed by atoms with van der Waals surface area (Å²) in [5.41, 5.74) is -2.38. The molecule has 1 aliphatic heterocycles. The molecule has 4 nitrogen and oxygen atoms in total. The molecule has 120 valence electrons. The molecule has 3 rings (SSSR count). The Bertz CT molecular complexity index is 760. The van der Waals surface area contributed by atoms with Crippen molar-refractivity contribution in [2.24, 2.45) is 0 Å². The van der Waals surface area contributed by atoms with E-state index in [0.717, 1.165) is 12.1 Å². The summed E-state index contributed by atoms with van der Waals surface area (Å²) >= 11 is 0. The molecule has 0 saturated heterocycles. The van der Waals surface area contributed by atoms with Gasteiger partial charge in [-0.3, -0.25) is 9.78 Å². The highest BCUT2D eigenvalue weighted by molar-refractivity contribution is 5.86. The first kappa shape index (κ1) is 15.3. The molecule has 0 aliphatic carbocycles. The van der Waals surface area contributed by atoms with E-state index >= 15 is 0 Å². The Morgan fingerprint density at radius 3 is 2.74 bits per heavy atom. The highest BCUT2D eigenvalue weighted by Crippen LogP contribution is 2.44. The quantitative estimate of drug-likeness (QED) is 0.921. The van der Waals surface area contributed by atoms with Gasteiger partial charge in [-0.2, -0.15) is 13.2 Å². The number of rotatable bonds is 2. The summed E-state index contributed by atoms with van der Waals surface area (Å²) in [6.45, 7) is 0.0846. The molecule has 0 saturated carbocycles. The number of nitrogens with zero attached hydrogens (tertiary/aromatic N) is 1. The third-order valence-electron chi connectivity index (χ3n) is 3.96. The Kier molecular flexibility index (Phi) is 3.50. The number of alkyl halides is 3. The van der Waals surface area contributed by atoms with Crippen LogP contribution >= 0.6 is 0 Å². The number of carboxylic acid groups (broad SMARTS) is 1. The van der Waals surface area contributed by atoms with Gasteiger partial charge in [-0.15, -0.1) is 0 Å². The van der Waals surface area contributed by atoms with E-state index < -0.39 is 23.1 Å². The van der Waals surface area contributed by atoms with Gasteiger partial charge in [0.1, 0.15) is 16.9 Å². The third kappa shape index (κ3) is 2.42. The first-order chi connectivity index (χ1) is 10.9. The smallest absolute Gasteiger partial charge is 0.416 e. The van der Waals surface area contributed by atoms with Gasteiger partial charge < -0.3 is 9.84 Å². The largest absolute Gasteiger partial charge is 0.492 e. The number of halogens is 3. The number of fused-ring (bicyclic) bond motifs is 1. The second kappa shape index (κ2) is 5.26. The number of aromatic nitrogens is 1. The maximum Gasteiger partial charge on any atom is 0.416 e. The van der Waals surface area contributed by atoms with Crippen LogP contribution in [-0.4, -0.2) is 22.7 Å². The topological polar surface area (TPSA) is 59.4 Å². The molecule has 0 fully saturated rings. The van der Waals surface area contributed by atoms with E-state index in [1.165, 1.54) is 18.3 Å². The lowest BCUT2D eigenvalue weighted by Gasteiger charge is -2.34. The van der Waals surface area contributed by atoms with Crippen molar-refractivity contribution in [1.82, 2.24) is 4.98 Å². The van der Waals surface area contributed by atoms with E-state index in [2.05, 4.69) is 4.98 Å². The molecule has 0 amide bonds. The predicted molar refractivity (Wildman–Crippen MR) is 74.2 cm³/mol. The van der Waals surface area contributed by atoms with Gasteiger partial charge in [0.2, 0.25) is 0 Å². The van der Waals surface area contributed by atoms with Gasteiger partial charge in [-0.25, -0.2) is 0 Å². The lowest BCUT2D eigenvalue weighted by molar-refractivity contribution is -0.144. The summed E-state index contributed by atoms with van der Waals surface area (Å²) in [4.78, 5) is 16.1. The number of carboxylic acids is 1. The number of benzene rings is 1. The summed E-state index contributed by atoms with van der Waals surface area (Å²) in [6, 6.07) is 7.53. The van der Waals surface area contributed by atoms with Crippen molar-refractivity contribution in [3.8, 4) is 5.75 Å². The van der Waals surface area contributed by atoms with Gasteiger partial charge in [0.05, 0.1) is 12.2 Å². The van der Waals surface area contributed by atoms with Crippen LogP contribution in [0.1, 0.15) is 23.2 Å². The van der Waals surface area contributed by atoms with E-state index in [-0.39, 0.29) is 30.0 Å². The first-order valence-corrected chi connectivity index (χ1v) is 6.85. The van der Waals surface area contributed by atoms with Crippen LogP contribution in [-0.2, 0) is 16.4 Å². The van der Waals surface area contributed by atoms with Crippen LogP contribution in [0, 0.1) is 0 Å². The van der Waals surface area contributed by atoms with Crippen molar-refractivity contribution < 1.29 is 27.8 Å². The van der Waals surface area contributed by atoms with Crippen molar-refractivity contribution >= 4 is 5.97 Å². The maximum atomic E-state index is 13.0. The van der Waals surface area contributed by atoms with Gasteiger partial charge in [-0.05, 0) is 23.8 Å². The zero-order chi connectivity index (χ0) is 16.7. The molecule has 7 heteroatoms. The van der Waals surface area contributed by atoms with Crippen molar-refractivity contribution in [3.63, 3.8) is 0 Å². The van der Waals surface area contributed by atoms with Crippen LogP contribution in [0.4, 0.5) is 13.2 Å². The number of aliphatic carboxylic acids is 1. The van der Waals surface area contributed by atoms with Crippen LogP contribution in [0.15, 0.2) is 42.6 Å². The number of pyridine rings is 1. The van der Waals surface area contributed by atoms with Gasteiger partial charge in [-0.1, -0.05) is 18.2 Å². The zero-order valence-corrected chi connectivity index (χ0v) is 11.8. The maximum absolute atomic E-state index is 13.0. The predicted octanol–water partition coefficient (Wildman–Crippen LogP) is 3.25. The fourth-order valence-corrected chi connectivity index (χ4v) is 2.83. The van der Waals surface area contributed by atoms with Gasteiger partial charge in [0.25, 0.3) is 0 Å². The Hall–Kier alpha value is -2.57. The molecule has 2 aromatic rings. The van der Waals surface area contributed by atoms with E-state index in [1.807, 2.05) is 0 Å². The first-order valence-electron chi connectivity index (χ1n) is 6.85. The highest BCUT2D eigenvalue weighted by atomic mass is 19.4. The average Bonchev–Trinajstić information content (AvgIpc) is 2.53. The fraction of sp³-hybridized carbons (Fsp3) is 0.250. The molecular weight excluding hydrogens is 311 g/mol. The number of hydrogen-bond acceptors (Lipinski definition) is 3. The molecule has 1 aromatic heterocycles. The average molecular weight is 323 g/mol. The van der Waals surface area contributed by atoms with Crippen LogP contribution in [0.25, 0.3) is 0 Å². The van der Waals surface area contributed by atoms with E-state index in [9.17, 15) is 23.1 Å². The normalized spacial score (nSPS) is 20.5. The highest BCUT2D eigenvalue weighted by Gasteiger charge is 2.48. The number of carbonyl (C=O) groups is 1. The van der Waals surface area contributed by atoms with Crippen LogP contribution in [0.5, 0.6) is 5.75 Å². The summed E-state index contributed by atoms with van der Waals surface area (Å²) in [5, 5.41) is 9.81. The summed E-state index contributed by atoms with van der Waals surface area (Å²) in [6.07, 6.45) is -3.14. The zero-order valence-electron chi connectivity index (χ0n) is 11.8. The summed E-state index contributed by atoms with van der Waals surface area (Å²) in [5.74, 6) is -0.973. The van der Waals surface area contributed by atoms with Crippen LogP contribution in [0.2, 0.25) is 0 Å². The summed E-state index contributed by atoms with van der Waals surface area (Å²) in [7, 11) is 0. The molecule has 1 aromatic carbocycles. The second-order valence-electron chi connectivity index (χ2n) is 5.24. The van der Waals surface area contributed by atoms with Crippen LogP contribution in [0.3, 0.4) is 0 Å². The Labute approximate surface area is 129 Å². The van der Waals surface area contributed by atoms with Crippen LogP contribution < -0.4 is 4.74 Å². The molecule has 1 N–H and O–H groups in total. The monoisotopic (exact) mass is 323 g/mol. The lowest BCUT2D eigenvalue weighted by atomic mass is 9.73. The summed E-state index contributed by atoms with van der Waals surface area (Å²) < 4.78 is 44.3. The lowest BCUT2D eigenvalue weighted by Crippen LogP contribution is -2.42. The molecule has 0 spiro atoms. The molecule has 0 bridgehead atoms. The Balaban J connectivity index is 2.24. The molecular formula is C16H12F3NO3. The van der Waals surface area contributed by atoms with Gasteiger partial charge in [0, 0.05) is 12.6 Å². The molecule has 1 aliphatic rings. The minimum Gasteiger partial charge on any atom is -0.492 e. The van der Waals surface area contributed by atoms with E-state index in [4.69, 9.17) is 4.74 Å². The second-order valence-corrected chi connectivity index (χ2v) is 5.24. The van der Waals surface area contributed by atoms with Gasteiger partial charge >= 0.3 is 12.1 Å². The van der Waals surface area contributed by atoms with Crippen molar-refractivity contribution in [3.05, 3.63) is 59.4 Å². The van der Waals surface area contributed by atoms with E-state index in [1.54, 1.807) is 12.1 Å². The minimum absolute atomic E-state index is 0.00760. The Morgan fingerprint density at radius 1 is 1.26 bits per heavy atom. The fourth-order valence-electron chi connectivity index (χ4n) is 2.83. The number of ether oxygens (including phenoxy) is 1. The minimum atomic E-state index is -4.55. The van der Waals surface area contributed by atoms with E-state index in [0.29, 0.717) is 0 Å². The van der Waals surface area contributed by atoms with Crippen molar-refractivity contribution in [2.75, 3.05) is 6.61 Å². The van der Waals surface area contributed by atoms with Crippen molar-refractivity contribution in [1.29, 1.82) is 0 Å². The molecule has 2 heterocycles. The standard InChI is InChI=1S/C16H12F3NO3/c17-16(18,19)11-4-1-3-10(9-11)15(14(21)22)6-8-23-12-5-2-7-20-13(12)15/h1-5,7,9H,6,8H2,(H,21,22). The SMILES string of the molecule is O=C(O)C1(c2cccc(C(F)(F)F)c2)CCOc2cccnc21. The Morgan fingerprint density at radius 2 is 2.04 bits per heavy atom. The van der Waals surface area contributed by atoms with Crippen molar-refractivity contribution in [2.45, 2.75) is 18.0 Å². The number of hydrogen-bond donors (Lipinski definition) is 1. The molecule has 1 atom stereocenters. The molecule has 0 radical (unpaired) electrons. The molecule has 23 heavy (non-hydrogen) atoms.